The average molecular weight is 253 g/mol. The number of hydrogen-bond donors (Lipinski definition) is 2. The molecule has 3 aromatic rings. The number of aryl methyl sites for hydroxylation is 3. The lowest BCUT2D eigenvalue weighted by molar-refractivity contribution is 0.888. The molecule has 5 heteroatoms. The number of rotatable bonds is 3. The Balaban J connectivity index is 1.80. The fourth-order valence-corrected chi connectivity index (χ4v) is 2.14. The third kappa shape index (κ3) is 2.40. The second-order valence-electron chi connectivity index (χ2n) is 4.63. The molecule has 0 atom stereocenters. The SMILES string of the molecule is Cc1cccc(CCc2nc3ncnc(N)c3[nH]2)c1. The van der Waals surface area contributed by atoms with Gasteiger partial charge in [-0.3, -0.25) is 0 Å². The minimum absolute atomic E-state index is 0.444. The number of anilines is 1. The van der Waals surface area contributed by atoms with E-state index in [1.807, 2.05) is 0 Å². The van der Waals surface area contributed by atoms with Crippen molar-refractivity contribution in [1.82, 2.24) is 19.9 Å². The van der Waals surface area contributed by atoms with Gasteiger partial charge in [0, 0.05) is 6.42 Å². The van der Waals surface area contributed by atoms with E-state index < -0.39 is 0 Å². The fraction of sp³-hybridized carbons (Fsp3) is 0.214. The fourth-order valence-electron chi connectivity index (χ4n) is 2.14. The second kappa shape index (κ2) is 4.68. The highest BCUT2D eigenvalue weighted by molar-refractivity contribution is 5.80. The van der Waals surface area contributed by atoms with E-state index >= 15 is 0 Å². The van der Waals surface area contributed by atoms with Crippen LogP contribution >= 0.6 is 0 Å². The zero-order valence-electron chi connectivity index (χ0n) is 10.7. The predicted octanol–water partition coefficient (Wildman–Crippen LogP) is 2.03. The highest BCUT2D eigenvalue weighted by atomic mass is 15.0. The molecule has 0 unspecified atom stereocenters. The Kier molecular flexibility index (Phi) is 2.87. The maximum atomic E-state index is 5.77. The third-order valence-electron chi connectivity index (χ3n) is 3.10. The smallest absolute Gasteiger partial charge is 0.183 e. The number of nitrogens with zero attached hydrogens (tertiary/aromatic N) is 3. The molecule has 0 saturated carbocycles. The van der Waals surface area contributed by atoms with Crippen molar-refractivity contribution in [2.24, 2.45) is 0 Å². The van der Waals surface area contributed by atoms with Crippen molar-refractivity contribution in [2.45, 2.75) is 19.8 Å². The number of nitrogens with one attached hydrogen (secondary N) is 1. The molecule has 96 valence electrons. The van der Waals surface area contributed by atoms with Crippen molar-refractivity contribution in [1.29, 1.82) is 0 Å². The minimum atomic E-state index is 0.444. The van der Waals surface area contributed by atoms with Crippen molar-refractivity contribution in [3.05, 3.63) is 47.5 Å². The zero-order chi connectivity index (χ0) is 13.2. The van der Waals surface area contributed by atoms with Crippen LogP contribution in [0.1, 0.15) is 17.0 Å². The highest BCUT2D eigenvalue weighted by Crippen LogP contribution is 2.14. The van der Waals surface area contributed by atoms with Gasteiger partial charge >= 0.3 is 0 Å². The summed E-state index contributed by atoms with van der Waals surface area (Å²) in [5.74, 6) is 1.34. The predicted molar refractivity (Wildman–Crippen MR) is 74.7 cm³/mol. The van der Waals surface area contributed by atoms with Crippen LogP contribution in [0.2, 0.25) is 0 Å². The molecule has 5 nitrogen and oxygen atoms in total. The molecule has 0 amide bonds. The maximum absolute atomic E-state index is 5.77. The Morgan fingerprint density at radius 2 is 2.11 bits per heavy atom. The maximum Gasteiger partial charge on any atom is 0.183 e. The normalized spacial score (nSPS) is 11.0. The summed E-state index contributed by atoms with van der Waals surface area (Å²) in [4.78, 5) is 15.7. The van der Waals surface area contributed by atoms with E-state index in [1.165, 1.54) is 17.5 Å². The lowest BCUT2D eigenvalue weighted by Crippen LogP contribution is -1.94. The quantitative estimate of drug-likeness (QED) is 0.748. The van der Waals surface area contributed by atoms with Crippen LogP contribution in [0.25, 0.3) is 11.2 Å². The lowest BCUT2D eigenvalue weighted by Gasteiger charge is -2.00. The van der Waals surface area contributed by atoms with Crippen molar-refractivity contribution >= 4 is 17.0 Å². The highest BCUT2D eigenvalue weighted by Gasteiger charge is 2.07. The number of hydrogen-bond acceptors (Lipinski definition) is 4. The molecule has 2 aromatic heterocycles. The van der Waals surface area contributed by atoms with Crippen LogP contribution in [0.5, 0.6) is 0 Å². The molecule has 0 spiro atoms. The van der Waals surface area contributed by atoms with Crippen LogP contribution in [0.4, 0.5) is 5.82 Å². The molecule has 0 aliphatic heterocycles. The first-order valence-corrected chi connectivity index (χ1v) is 6.23. The number of fused-ring (bicyclic) bond motifs is 1. The summed E-state index contributed by atoms with van der Waals surface area (Å²) in [5.41, 5.74) is 9.71. The zero-order valence-corrected chi connectivity index (χ0v) is 10.7. The van der Waals surface area contributed by atoms with Gasteiger partial charge in [0.25, 0.3) is 0 Å². The summed E-state index contributed by atoms with van der Waals surface area (Å²) in [7, 11) is 0. The number of imidazole rings is 1. The van der Waals surface area contributed by atoms with Gasteiger partial charge in [-0.05, 0) is 18.9 Å². The van der Waals surface area contributed by atoms with Gasteiger partial charge in [0.2, 0.25) is 0 Å². The van der Waals surface area contributed by atoms with Crippen LogP contribution in [-0.2, 0) is 12.8 Å². The summed E-state index contributed by atoms with van der Waals surface area (Å²) in [6, 6.07) is 8.49. The molecular weight excluding hydrogens is 238 g/mol. The summed E-state index contributed by atoms with van der Waals surface area (Å²) in [5, 5.41) is 0. The van der Waals surface area contributed by atoms with Crippen LogP contribution in [0, 0.1) is 6.92 Å². The van der Waals surface area contributed by atoms with E-state index in [2.05, 4.69) is 51.1 Å². The van der Waals surface area contributed by atoms with Crippen molar-refractivity contribution < 1.29 is 0 Å². The number of nitrogens with two attached hydrogens (primary N) is 1. The van der Waals surface area contributed by atoms with Crippen LogP contribution in [-0.4, -0.2) is 19.9 Å². The third-order valence-corrected chi connectivity index (χ3v) is 3.10. The van der Waals surface area contributed by atoms with E-state index in [1.54, 1.807) is 0 Å². The molecule has 3 rings (SSSR count). The minimum Gasteiger partial charge on any atom is -0.382 e. The molecular formula is C14H15N5. The molecule has 3 N–H and O–H groups in total. The number of aromatic nitrogens is 4. The van der Waals surface area contributed by atoms with Gasteiger partial charge in [-0.15, -0.1) is 0 Å². The first-order valence-electron chi connectivity index (χ1n) is 6.23. The summed E-state index contributed by atoms with van der Waals surface area (Å²) < 4.78 is 0. The Morgan fingerprint density at radius 3 is 2.89 bits per heavy atom. The molecule has 19 heavy (non-hydrogen) atoms. The summed E-state index contributed by atoms with van der Waals surface area (Å²) >= 11 is 0. The first kappa shape index (κ1) is 11.6. The molecule has 2 heterocycles. The Morgan fingerprint density at radius 1 is 1.21 bits per heavy atom. The van der Waals surface area contributed by atoms with Crippen LogP contribution in [0.15, 0.2) is 30.6 Å². The number of H-pyrrole nitrogens is 1. The molecule has 0 aliphatic rings. The van der Waals surface area contributed by atoms with E-state index in [4.69, 9.17) is 5.73 Å². The number of aromatic amines is 1. The van der Waals surface area contributed by atoms with Crippen molar-refractivity contribution in [3.63, 3.8) is 0 Å². The topological polar surface area (TPSA) is 80.5 Å². The molecule has 1 aromatic carbocycles. The van der Waals surface area contributed by atoms with E-state index in [0.29, 0.717) is 11.5 Å². The van der Waals surface area contributed by atoms with E-state index in [-0.39, 0.29) is 0 Å². The van der Waals surface area contributed by atoms with Gasteiger partial charge in [0.15, 0.2) is 11.5 Å². The molecule has 0 aliphatic carbocycles. The average Bonchev–Trinajstić information content (AvgIpc) is 2.81. The summed E-state index contributed by atoms with van der Waals surface area (Å²) in [6.07, 6.45) is 3.21. The van der Waals surface area contributed by atoms with Crippen molar-refractivity contribution in [3.8, 4) is 0 Å². The Labute approximate surface area is 110 Å². The van der Waals surface area contributed by atoms with E-state index in [9.17, 15) is 0 Å². The monoisotopic (exact) mass is 253 g/mol. The van der Waals surface area contributed by atoms with Crippen LogP contribution in [0.3, 0.4) is 0 Å². The second-order valence-corrected chi connectivity index (χ2v) is 4.63. The Bertz CT molecular complexity index is 717. The molecule has 0 bridgehead atoms. The first-order chi connectivity index (χ1) is 9.22. The largest absolute Gasteiger partial charge is 0.382 e. The Hall–Kier alpha value is -2.43. The standard InChI is InChI=1S/C14H15N5/c1-9-3-2-4-10(7-9)5-6-11-18-12-13(15)16-8-17-14(12)19-11/h2-4,7-8H,5-6H2,1H3,(H3,15,16,17,18,19). The van der Waals surface area contributed by atoms with Gasteiger partial charge in [0.05, 0.1) is 0 Å². The van der Waals surface area contributed by atoms with Crippen molar-refractivity contribution in [2.75, 3.05) is 5.73 Å². The number of nitrogen functional groups attached to an aromatic ring is 1. The van der Waals surface area contributed by atoms with Gasteiger partial charge in [0.1, 0.15) is 17.7 Å². The van der Waals surface area contributed by atoms with E-state index in [0.717, 1.165) is 24.2 Å². The molecule has 0 fully saturated rings. The van der Waals surface area contributed by atoms with Crippen LogP contribution < -0.4 is 5.73 Å². The lowest BCUT2D eigenvalue weighted by atomic mass is 10.1. The number of benzene rings is 1. The molecule has 0 radical (unpaired) electrons. The summed E-state index contributed by atoms with van der Waals surface area (Å²) in [6.45, 7) is 2.10. The van der Waals surface area contributed by atoms with Gasteiger partial charge in [-0.25, -0.2) is 15.0 Å². The van der Waals surface area contributed by atoms with Gasteiger partial charge < -0.3 is 10.7 Å². The van der Waals surface area contributed by atoms with Gasteiger partial charge in [-0.2, -0.15) is 0 Å². The molecule has 0 saturated heterocycles. The van der Waals surface area contributed by atoms with Gasteiger partial charge in [-0.1, -0.05) is 29.8 Å².